The average Bonchev–Trinajstić information content (AvgIpc) is 3.41. The van der Waals surface area contributed by atoms with Crippen LogP contribution < -0.4 is 9.47 Å². The second-order valence-corrected chi connectivity index (χ2v) is 8.48. The van der Waals surface area contributed by atoms with Crippen molar-refractivity contribution in [1.82, 2.24) is 14.7 Å². The van der Waals surface area contributed by atoms with E-state index in [-0.39, 0.29) is 5.91 Å². The van der Waals surface area contributed by atoms with Crippen LogP contribution in [0.15, 0.2) is 77.4 Å². The van der Waals surface area contributed by atoms with Crippen LogP contribution in [0.25, 0.3) is 11.3 Å². The molecule has 5 rings (SSSR count). The lowest BCUT2D eigenvalue weighted by Crippen LogP contribution is -2.32. The minimum Gasteiger partial charge on any atom is -0.493 e. The smallest absolute Gasteiger partial charge is 0.289 e. The maximum Gasteiger partial charge on any atom is 0.289 e. The number of aryl methyl sites for hydroxylation is 1. The van der Waals surface area contributed by atoms with Gasteiger partial charge in [0.25, 0.3) is 5.91 Å². The Bertz CT molecular complexity index is 1260. The topological polar surface area (TPSA) is 69.7 Å². The number of aromatic nitrogens is 2. The highest BCUT2D eigenvalue weighted by Crippen LogP contribution is 2.38. The number of ether oxygens (including phenoxy) is 2. The van der Waals surface area contributed by atoms with Gasteiger partial charge in [0.1, 0.15) is 5.69 Å². The summed E-state index contributed by atoms with van der Waals surface area (Å²) in [6.07, 6.45) is 3.79. The molecule has 7 heteroatoms. The first-order valence-corrected chi connectivity index (χ1v) is 11.4. The predicted molar refractivity (Wildman–Crippen MR) is 128 cm³/mol. The molecule has 174 valence electrons. The summed E-state index contributed by atoms with van der Waals surface area (Å²) < 4.78 is 19.0. The van der Waals surface area contributed by atoms with Crippen LogP contribution in [0.4, 0.5) is 0 Å². The number of carbonyl (C=O) groups is 1. The summed E-state index contributed by atoms with van der Waals surface area (Å²) in [5, 5.41) is 4.79. The van der Waals surface area contributed by atoms with Gasteiger partial charge in [-0.2, -0.15) is 5.10 Å². The van der Waals surface area contributed by atoms with Crippen molar-refractivity contribution in [2.75, 3.05) is 13.7 Å². The van der Waals surface area contributed by atoms with Crippen LogP contribution in [0.3, 0.4) is 0 Å². The number of methoxy groups -OCH3 is 1. The summed E-state index contributed by atoms with van der Waals surface area (Å²) in [5.74, 6) is 2.48. The third kappa shape index (κ3) is 4.55. The van der Waals surface area contributed by atoms with Crippen molar-refractivity contribution in [3.8, 4) is 28.6 Å². The van der Waals surface area contributed by atoms with E-state index >= 15 is 0 Å². The number of hydrogen-bond acceptors (Lipinski definition) is 5. The maximum absolute atomic E-state index is 13.3. The van der Waals surface area contributed by atoms with Gasteiger partial charge in [0.05, 0.1) is 25.5 Å². The van der Waals surface area contributed by atoms with Crippen molar-refractivity contribution in [2.45, 2.75) is 19.4 Å². The van der Waals surface area contributed by atoms with Gasteiger partial charge in [-0.1, -0.05) is 42.5 Å². The molecule has 2 aromatic carbocycles. The fourth-order valence-corrected chi connectivity index (χ4v) is 4.04. The Kier molecular flexibility index (Phi) is 6.08. The standard InChI is InChI=1S/C27H27N3O4/c1-29-27(34-23-12-7-6-11-22(23)32-2)21(25(28-29)20-9-4-3-5-10-20)18-30(17-19-14-15-19)26(31)24-13-8-16-33-24/h3-13,16,19H,14-15,17-18H2,1-2H3. The second-order valence-electron chi connectivity index (χ2n) is 8.48. The summed E-state index contributed by atoms with van der Waals surface area (Å²) in [6, 6.07) is 20.9. The van der Waals surface area contributed by atoms with Gasteiger partial charge < -0.3 is 18.8 Å². The SMILES string of the molecule is COc1ccccc1Oc1c(CN(CC2CC2)C(=O)c2ccco2)c(-c2ccccc2)nn1C. The Labute approximate surface area is 198 Å². The highest BCUT2D eigenvalue weighted by atomic mass is 16.5. The molecule has 1 aliphatic carbocycles. The van der Waals surface area contributed by atoms with Crippen molar-refractivity contribution >= 4 is 5.91 Å². The molecule has 0 saturated heterocycles. The van der Waals surface area contributed by atoms with E-state index in [2.05, 4.69) is 0 Å². The number of hydrogen-bond donors (Lipinski definition) is 0. The molecule has 1 aliphatic rings. The molecule has 1 fully saturated rings. The van der Waals surface area contributed by atoms with Crippen molar-refractivity contribution in [2.24, 2.45) is 13.0 Å². The van der Waals surface area contributed by atoms with Gasteiger partial charge in [-0.3, -0.25) is 4.79 Å². The van der Waals surface area contributed by atoms with E-state index in [0.717, 1.165) is 29.7 Å². The highest BCUT2D eigenvalue weighted by molar-refractivity contribution is 5.91. The minimum atomic E-state index is -0.136. The van der Waals surface area contributed by atoms with Gasteiger partial charge in [0, 0.05) is 19.2 Å². The van der Waals surface area contributed by atoms with E-state index in [0.29, 0.717) is 42.1 Å². The maximum atomic E-state index is 13.3. The van der Waals surface area contributed by atoms with Crippen molar-refractivity contribution in [1.29, 1.82) is 0 Å². The Hall–Kier alpha value is -4.00. The highest BCUT2D eigenvalue weighted by Gasteiger charge is 2.31. The summed E-state index contributed by atoms with van der Waals surface area (Å²) in [6.45, 7) is 1.01. The summed E-state index contributed by atoms with van der Waals surface area (Å²) in [4.78, 5) is 15.2. The van der Waals surface area contributed by atoms with Gasteiger partial charge in [0.15, 0.2) is 17.3 Å². The number of amides is 1. The lowest BCUT2D eigenvalue weighted by atomic mass is 10.1. The largest absolute Gasteiger partial charge is 0.493 e. The number of para-hydroxylation sites is 2. The summed E-state index contributed by atoms with van der Waals surface area (Å²) in [7, 11) is 3.46. The quantitative estimate of drug-likeness (QED) is 0.330. The Balaban J connectivity index is 1.57. The van der Waals surface area contributed by atoms with E-state index in [1.54, 1.807) is 23.9 Å². The first-order chi connectivity index (χ1) is 16.6. The van der Waals surface area contributed by atoms with E-state index in [1.807, 2.05) is 66.5 Å². The molecule has 0 radical (unpaired) electrons. The molecular weight excluding hydrogens is 430 g/mol. The predicted octanol–water partition coefficient (Wildman–Crippen LogP) is 5.53. The molecule has 7 nitrogen and oxygen atoms in total. The number of benzene rings is 2. The van der Waals surface area contributed by atoms with Crippen LogP contribution in [-0.4, -0.2) is 34.2 Å². The normalized spacial score (nSPS) is 13.0. The lowest BCUT2D eigenvalue weighted by Gasteiger charge is -2.22. The Morgan fingerprint density at radius 3 is 2.47 bits per heavy atom. The monoisotopic (exact) mass is 457 g/mol. The molecule has 2 heterocycles. The fraction of sp³-hybridized carbons (Fsp3) is 0.259. The molecule has 0 atom stereocenters. The molecule has 2 aromatic heterocycles. The van der Waals surface area contributed by atoms with Gasteiger partial charge in [-0.05, 0) is 43.0 Å². The van der Waals surface area contributed by atoms with Gasteiger partial charge in [-0.15, -0.1) is 0 Å². The van der Waals surface area contributed by atoms with Crippen LogP contribution in [0, 0.1) is 5.92 Å². The molecular formula is C27H27N3O4. The van der Waals surface area contributed by atoms with E-state index in [9.17, 15) is 4.79 Å². The number of furan rings is 1. The van der Waals surface area contributed by atoms with Gasteiger partial charge >= 0.3 is 0 Å². The third-order valence-electron chi connectivity index (χ3n) is 5.95. The molecule has 34 heavy (non-hydrogen) atoms. The molecule has 0 aliphatic heterocycles. The van der Waals surface area contributed by atoms with E-state index < -0.39 is 0 Å². The average molecular weight is 458 g/mol. The summed E-state index contributed by atoms with van der Waals surface area (Å²) in [5.41, 5.74) is 2.57. The number of rotatable bonds is 9. The first kappa shape index (κ1) is 21.8. The van der Waals surface area contributed by atoms with Crippen molar-refractivity contribution in [3.63, 3.8) is 0 Å². The van der Waals surface area contributed by atoms with Crippen molar-refractivity contribution in [3.05, 3.63) is 84.3 Å². The zero-order valence-corrected chi connectivity index (χ0v) is 19.3. The fourth-order valence-electron chi connectivity index (χ4n) is 4.04. The number of nitrogens with zero attached hydrogens (tertiary/aromatic N) is 3. The molecule has 4 aromatic rings. The molecule has 0 unspecified atom stereocenters. The molecule has 0 bridgehead atoms. The van der Waals surface area contributed by atoms with Crippen LogP contribution in [0.1, 0.15) is 29.0 Å². The summed E-state index contributed by atoms with van der Waals surface area (Å²) >= 11 is 0. The van der Waals surface area contributed by atoms with E-state index in [4.69, 9.17) is 19.0 Å². The van der Waals surface area contributed by atoms with Crippen LogP contribution >= 0.6 is 0 Å². The molecule has 0 spiro atoms. The van der Waals surface area contributed by atoms with Crippen LogP contribution in [0.5, 0.6) is 17.4 Å². The van der Waals surface area contributed by atoms with Crippen molar-refractivity contribution < 1.29 is 18.7 Å². The van der Waals surface area contributed by atoms with E-state index in [1.165, 1.54) is 6.26 Å². The minimum absolute atomic E-state index is 0.136. The third-order valence-corrected chi connectivity index (χ3v) is 5.95. The molecule has 1 amide bonds. The van der Waals surface area contributed by atoms with Crippen LogP contribution in [0.2, 0.25) is 0 Å². The Morgan fingerprint density at radius 1 is 1.06 bits per heavy atom. The number of carbonyl (C=O) groups excluding carboxylic acids is 1. The first-order valence-electron chi connectivity index (χ1n) is 11.4. The molecule has 1 saturated carbocycles. The molecule has 0 N–H and O–H groups in total. The van der Waals surface area contributed by atoms with Gasteiger partial charge in [-0.25, -0.2) is 4.68 Å². The second kappa shape index (κ2) is 9.47. The van der Waals surface area contributed by atoms with Gasteiger partial charge in [0.2, 0.25) is 5.88 Å². The Morgan fingerprint density at radius 2 is 1.79 bits per heavy atom. The zero-order valence-electron chi connectivity index (χ0n) is 19.3. The lowest BCUT2D eigenvalue weighted by molar-refractivity contribution is 0.0702. The van der Waals surface area contributed by atoms with Crippen LogP contribution in [-0.2, 0) is 13.6 Å². The zero-order chi connectivity index (χ0) is 23.5.